The molecule has 0 aliphatic heterocycles. The van der Waals surface area contributed by atoms with Gasteiger partial charge in [-0.1, -0.05) is 42.0 Å². The molecule has 0 fully saturated rings. The minimum Gasteiger partial charge on any atom is -0.476 e. The Hall–Kier alpha value is -4.31. The lowest BCUT2D eigenvalue weighted by Crippen LogP contribution is -2.22. The number of nitrogens with one attached hydrogen (secondary N) is 1. The van der Waals surface area contributed by atoms with Crippen LogP contribution in [0, 0.1) is 32.1 Å². The van der Waals surface area contributed by atoms with Crippen LogP contribution in [0.3, 0.4) is 0 Å². The Morgan fingerprint density at radius 3 is 2.50 bits per heavy atom. The highest BCUT2D eigenvalue weighted by molar-refractivity contribution is 5.92. The van der Waals surface area contributed by atoms with Gasteiger partial charge in [0.25, 0.3) is 5.91 Å². The first-order chi connectivity index (χ1) is 15.4. The van der Waals surface area contributed by atoms with Gasteiger partial charge in [-0.3, -0.25) is 14.9 Å². The number of amides is 1. The number of para-hydroxylation sites is 1. The van der Waals surface area contributed by atoms with E-state index in [4.69, 9.17) is 13.6 Å². The highest BCUT2D eigenvalue weighted by Crippen LogP contribution is 2.31. The number of carbonyl (C=O) groups excluding carboxylic acids is 1. The second kappa shape index (κ2) is 8.44. The predicted octanol–water partition coefficient (Wildman–Crippen LogP) is 4.87. The maximum absolute atomic E-state index is 13.1. The number of fused-ring (bicyclic) bond motifs is 1. The van der Waals surface area contributed by atoms with Crippen molar-refractivity contribution in [2.45, 2.75) is 20.8 Å². The van der Waals surface area contributed by atoms with Gasteiger partial charge in [0, 0.05) is 11.1 Å². The molecule has 0 bridgehead atoms. The second-order valence-corrected chi connectivity index (χ2v) is 7.39. The molecule has 0 atom stereocenters. The van der Waals surface area contributed by atoms with Gasteiger partial charge in [0.05, 0.1) is 5.39 Å². The molecule has 160 valence electrons. The van der Waals surface area contributed by atoms with Crippen LogP contribution in [0.4, 0.5) is 5.88 Å². The molecular weight excluding hydrogens is 408 g/mol. The zero-order chi connectivity index (χ0) is 22.8. The third-order valence-electron chi connectivity index (χ3n) is 5.17. The number of rotatable bonds is 5. The molecule has 32 heavy (non-hydrogen) atoms. The predicted molar refractivity (Wildman–Crippen MR) is 120 cm³/mol. The molecule has 0 saturated heterocycles. The summed E-state index contributed by atoms with van der Waals surface area (Å²) in [4.78, 5) is 25.6. The fourth-order valence-electron chi connectivity index (χ4n) is 3.30. The molecule has 0 unspecified atom stereocenters. The minimum absolute atomic E-state index is 0.0559. The standard InChI is InChI=1S/C25H20N2O5/c1-14-8-10-17(11-9-14)23-24(22(29)18-6-4-5-7-20(18)32-23)30-13-21(28)27-25-19(12-26)15(2)16(3)31-25/h4-11H,13H2,1-3H3,(H,27,28). The van der Waals surface area contributed by atoms with Crippen molar-refractivity contribution in [3.05, 3.63) is 81.2 Å². The van der Waals surface area contributed by atoms with E-state index in [2.05, 4.69) is 5.32 Å². The molecule has 0 spiro atoms. The zero-order valence-corrected chi connectivity index (χ0v) is 17.8. The topological polar surface area (TPSA) is 105 Å². The molecule has 2 aromatic carbocycles. The number of hydrogen-bond acceptors (Lipinski definition) is 6. The number of anilines is 1. The quantitative estimate of drug-likeness (QED) is 0.486. The van der Waals surface area contributed by atoms with Crippen molar-refractivity contribution in [1.29, 1.82) is 5.26 Å². The number of aryl methyl sites for hydroxylation is 2. The van der Waals surface area contributed by atoms with Gasteiger partial charge in [-0.2, -0.15) is 5.26 Å². The van der Waals surface area contributed by atoms with E-state index in [9.17, 15) is 14.9 Å². The van der Waals surface area contributed by atoms with E-state index >= 15 is 0 Å². The molecule has 1 N–H and O–H groups in total. The first-order valence-corrected chi connectivity index (χ1v) is 9.94. The van der Waals surface area contributed by atoms with E-state index in [0.29, 0.717) is 27.9 Å². The van der Waals surface area contributed by atoms with Crippen LogP contribution in [0.2, 0.25) is 0 Å². The molecule has 0 aliphatic carbocycles. The molecule has 4 rings (SSSR count). The van der Waals surface area contributed by atoms with Crippen molar-refractivity contribution >= 4 is 22.8 Å². The number of nitrogens with zero attached hydrogens (tertiary/aromatic N) is 1. The van der Waals surface area contributed by atoms with E-state index in [1.807, 2.05) is 37.3 Å². The van der Waals surface area contributed by atoms with Gasteiger partial charge in [-0.25, -0.2) is 0 Å². The molecule has 2 aromatic heterocycles. The van der Waals surface area contributed by atoms with Crippen LogP contribution in [0.15, 0.2) is 62.2 Å². The molecule has 1 amide bonds. The average molecular weight is 428 g/mol. The largest absolute Gasteiger partial charge is 0.476 e. The normalized spacial score (nSPS) is 10.7. The number of ether oxygens (including phenoxy) is 1. The van der Waals surface area contributed by atoms with Gasteiger partial charge in [0.1, 0.15) is 23.0 Å². The smallest absolute Gasteiger partial charge is 0.264 e. The lowest BCUT2D eigenvalue weighted by Gasteiger charge is -2.12. The molecule has 7 nitrogen and oxygen atoms in total. The van der Waals surface area contributed by atoms with E-state index in [1.54, 1.807) is 38.1 Å². The average Bonchev–Trinajstić information content (AvgIpc) is 3.05. The van der Waals surface area contributed by atoms with E-state index < -0.39 is 12.5 Å². The van der Waals surface area contributed by atoms with Gasteiger partial charge in [-0.05, 0) is 32.9 Å². The van der Waals surface area contributed by atoms with Crippen molar-refractivity contribution in [2.75, 3.05) is 11.9 Å². The number of benzene rings is 2. The van der Waals surface area contributed by atoms with Crippen molar-refractivity contribution in [3.63, 3.8) is 0 Å². The Labute approximate surface area is 183 Å². The summed E-state index contributed by atoms with van der Waals surface area (Å²) in [6.45, 7) is 4.93. The first-order valence-electron chi connectivity index (χ1n) is 9.94. The van der Waals surface area contributed by atoms with Crippen LogP contribution >= 0.6 is 0 Å². The lowest BCUT2D eigenvalue weighted by molar-refractivity contribution is -0.118. The van der Waals surface area contributed by atoms with Crippen LogP contribution in [0.5, 0.6) is 5.75 Å². The molecule has 2 heterocycles. The van der Waals surface area contributed by atoms with Gasteiger partial charge in [0.15, 0.2) is 12.4 Å². The molecule has 7 heteroatoms. The Kier molecular flexibility index (Phi) is 5.52. The number of carbonyl (C=O) groups is 1. The van der Waals surface area contributed by atoms with Gasteiger partial charge in [-0.15, -0.1) is 0 Å². The second-order valence-electron chi connectivity index (χ2n) is 7.39. The van der Waals surface area contributed by atoms with Gasteiger partial charge < -0.3 is 13.6 Å². The van der Waals surface area contributed by atoms with E-state index in [1.165, 1.54) is 0 Å². The Morgan fingerprint density at radius 1 is 1.06 bits per heavy atom. The number of furan rings is 1. The molecule has 0 radical (unpaired) electrons. The molecular formula is C25H20N2O5. The molecule has 0 aliphatic rings. The van der Waals surface area contributed by atoms with Crippen LogP contribution in [0.1, 0.15) is 22.5 Å². The lowest BCUT2D eigenvalue weighted by atomic mass is 10.1. The summed E-state index contributed by atoms with van der Waals surface area (Å²) in [6, 6.07) is 16.3. The van der Waals surface area contributed by atoms with Gasteiger partial charge in [0.2, 0.25) is 17.1 Å². The summed E-state index contributed by atoms with van der Waals surface area (Å²) >= 11 is 0. The minimum atomic E-state index is -0.572. The first kappa shape index (κ1) is 20.9. The monoisotopic (exact) mass is 428 g/mol. The van der Waals surface area contributed by atoms with Crippen LogP contribution < -0.4 is 15.5 Å². The zero-order valence-electron chi connectivity index (χ0n) is 17.8. The highest BCUT2D eigenvalue weighted by Gasteiger charge is 2.20. The third-order valence-corrected chi connectivity index (χ3v) is 5.17. The Morgan fingerprint density at radius 2 is 1.78 bits per heavy atom. The van der Waals surface area contributed by atoms with Crippen molar-refractivity contribution < 1.29 is 18.4 Å². The highest BCUT2D eigenvalue weighted by atomic mass is 16.5. The molecule has 4 aromatic rings. The van der Waals surface area contributed by atoms with Crippen LogP contribution in [0.25, 0.3) is 22.3 Å². The third kappa shape index (κ3) is 3.86. The number of nitriles is 1. The van der Waals surface area contributed by atoms with Crippen molar-refractivity contribution in [3.8, 4) is 23.1 Å². The van der Waals surface area contributed by atoms with Crippen molar-refractivity contribution in [2.24, 2.45) is 0 Å². The fraction of sp³-hybridized carbons (Fsp3) is 0.160. The maximum Gasteiger partial charge on any atom is 0.264 e. The summed E-state index contributed by atoms with van der Waals surface area (Å²) in [7, 11) is 0. The number of hydrogen-bond donors (Lipinski definition) is 1. The summed E-state index contributed by atoms with van der Waals surface area (Å²) in [6.07, 6.45) is 0. The fourth-order valence-corrected chi connectivity index (χ4v) is 3.30. The maximum atomic E-state index is 13.1. The SMILES string of the molecule is Cc1ccc(-c2oc3ccccc3c(=O)c2OCC(=O)Nc2oc(C)c(C)c2C#N)cc1. The van der Waals surface area contributed by atoms with Crippen LogP contribution in [-0.2, 0) is 4.79 Å². The summed E-state index contributed by atoms with van der Waals surface area (Å²) in [5, 5.41) is 12.2. The Balaban J connectivity index is 1.67. The molecule has 0 saturated carbocycles. The van der Waals surface area contributed by atoms with E-state index in [-0.39, 0.29) is 28.4 Å². The summed E-state index contributed by atoms with van der Waals surface area (Å²) in [5.74, 6) is 0.201. The van der Waals surface area contributed by atoms with E-state index in [0.717, 1.165) is 5.56 Å². The van der Waals surface area contributed by atoms with Crippen molar-refractivity contribution in [1.82, 2.24) is 0 Å². The summed E-state index contributed by atoms with van der Waals surface area (Å²) < 4.78 is 17.1. The Bertz CT molecular complexity index is 1420. The van der Waals surface area contributed by atoms with Crippen LogP contribution in [-0.4, -0.2) is 12.5 Å². The van der Waals surface area contributed by atoms with Gasteiger partial charge >= 0.3 is 0 Å². The summed E-state index contributed by atoms with van der Waals surface area (Å²) in [5.41, 5.74) is 2.65.